The predicted octanol–water partition coefficient (Wildman–Crippen LogP) is 1.92. The molecule has 1 aromatic rings. The number of esters is 1. The first-order chi connectivity index (χ1) is 10.2. The minimum absolute atomic E-state index is 0.253. The number of methoxy groups -OCH3 is 1. The second-order valence-electron chi connectivity index (χ2n) is 4.71. The lowest BCUT2D eigenvalue weighted by Gasteiger charge is -2.17. The molecule has 0 fully saturated rings. The van der Waals surface area contributed by atoms with Crippen LogP contribution in [0.2, 0.25) is 0 Å². The van der Waals surface area contributed by atoms with Crippen molar-refractivity contribution in [2.24, 2.45) is 0 Å². The average molecular weight is 342 g/mol. The van der Waals surface area contributed by atoms with E-state index < -0.39 is 5.97 Å². The Kier molecular flexibility index (Phi) is 6.51. The molecule has 0 aromatic heterocycles. The second kappa shape index (κ2) is 7.90. The molecule has 6 nitrogen and oxygen atoms in total. The van der Waals surface area contributed by atoms with Crippen molar-refractivity contribution in [1.82, 2.24) is 9.80 Å². The van der Waals surface area contributed by atoms with Crippen LogP contribution in [0.15, 0.2) is 18.2 Å². The Labute approximate surface area is 140 Å². The first-order valence-corrected chi connectivity index (χ1v) is 7.08. The second-order valence-corrected chi connectivity index (χ2v) is 5.41. The van der Waals surface area contributed by atoms with Gasteiger partial charge in [-0.3, -0.25) is 0 Å². The first-order valence-electron chi connectivity index (χ1n) is 6.26. The van der Waals surface area contributed by atoms with Gasteiger partial charge in [0.2, 0.25) is 0 Å². The Morgan fingerprint density at radius 1 is 0.909 bits per heavy atom. The van der Waals surface area contributed by atoms with Crippen LogP contribution >= 0.6 is 24.4 Å². The maximum Gasteiger partial charge on any atom is 0.338 e. The van der Waals surface area contributed by atoms with E-state index >= 15 is 0 Å². The highest BCUT2D eigenvalue weighted by Crippen LogP contribution is 2.24. The van der Waals surface area contributed by atoms with Gasteiger partial charge in [-0.1, -0.05) is 0 Å². The summed E-state index contributed by atoms with van der Waals surface area (Å²) in [5, 5.41) is 0.506. The lowest BCUT2D eigenvalue weighted by molar-refractivity contribution is 0.0600. The zero-order chi connectivity index (χ0) is 16.9. The quantitative estimate of drug-likeness (QED) is 0.610. The molecular formula is C14H18N2O4S2. The van der Waals surface area contributed by atoms with E-state index in [-0.39, 0.29) is 15.9 Å². The van der Waals surface area contributed by atoms with E-state index in [4.69, 9.17) is 38.6 Å². The molecule has 0 atom stereocenters. The van der Waals surface area contributed by atoms with Gasteiger partial charge in [0.1, 0.15) is 11.5 Å². The third-order valence-corrected chi connectivity index (χ3v) is 3.34. The fraction of sp³-hybridized carbons (Fsp3) is 0.357. The highest BCUT2D eigenvalue weighted by molar-refractivity contribution is 7.80. The van der Waals surface area contributed by atoms with Gasteiger partial charge in [0, 0.05) is 34.3 Å². The lowest BCUT2D eigenvalue weighted by Crippen LogP contribution is -2.26. The van der Waals surface area contributed by atoms with Crippen LogP contribution in [0.5, 0.6) is 11.5 Å². The molecule has 8 heteroatoms. The third-order valence-electron chi connectivity index (χ3n) is 2.44. The van der Waals surface area contributed by atoms with Crippen LogP contribution in [0, 0.1) is 0 Å². The van der Waals surface area contributed by atoms with Crippen LogP contribution < -0.4 is 9.47 Å². The van der Waals surface area contributed by atoms with Gasteiger partial charge in [0.15, 0.2) is 0 Å². The predicted molar refractivity (Wildman–Crippen MR) is 91.6 cm³/mol. The van der Waals surface area contributed by atoms with Crippen LogP contribution in [0.25, 0.3) is 0 Å². The number of rotatable bonds is 3. The van der Waals surface area contributed by atoms with Gasteiger partial charge in [-0.25, -0.2) is 4.79 Å². The summed E-state index contributed by atoms with van der Waals surface area (Å²) in [6.07, 6.45) is 0. The van der Waals surface area contributed by atoms with Crippen molar-refractivity contribution >= 4 is 40.8 Å². The summed E-state index contributed by atoms with van der Waals surface area (Å²) in [5.41, 5.74) is 0.276. The summed E-state index contributed by atoms with van der Waals surface area (Å²) in [4.78, 5) is 15.0. The minimum Gasteiger partial charge on any atom is -0.465 e. The van der Waals surface area contributed by atoms with E-state index in [1.54, 1.807) is 44.1 Å². The SMILES string of the molecule is COC(=O)c1cc(OC(=S)N(C)C)cc(OC(=S)N(C)C)c1. The van der Waals surface area contributed by atoms with E-state index in [9.17, 15) is 4.79 Å². The van der Waals surface area contributed by atoms with Gasteiger partial charge in [-0.05, 0) is 36.6 Å². The smallest absolute Gasteiger partial charge is 0.338 e. The largest absolute Gasteiger partial charge is 0.465 e. The standard InChI is InChI=1S/C14H18N2O4S2/c1-15(2)13(21)19-10-6-9(12(17)18-5)7-11(8-10)20-14(22)16(3)4/h6-8H,1-5H3. The monoisotopic (exact) mass is 342 g/mol. The highest BCUT2D eigenvalue weighted by atomic mass is 32.1. The first kappa shape index (κ1) is 18.1. The molecule has 22 heavy (non-hydrogen) atoms. The topological polar surface area (TPSA) is 51.2 Å². The molecule has 0 unspecified atom stereocenters. The van der Waals surface area contributed by atoms with E-state index in [0.29, 0.717) is 11.5 Å². The van der Waals surface area contributed by atoms with Gasteiger partial charge < -0.3 is 24.0 Å². The molecule has 120 valence electrons. The van der Waals surface area contributed by atoms with E-state index in [1.165, 1.54) is 19.2 Å². The molecular weight excluding hydrogens is 324 g/mol. The Morgan fingerprint density at radius 2 is 1.32 bits per heavy atom. The van der Waals surface area contributed by atoms with E-state index in [1.807, 2.05) is 0 Å². The van der Waals surface area contributed by atoms with Crippen molar-refractivity contribution in [2.45, 2.75) is 0 Å². The van der Waals surface area contributed by atoms with Crippen molar-refractivity contribution < 1.29 is 19.0 Å². The molecule has 0 bridgehead atoms. The van der Waals surface area contributed by atoms with Crippen molar-refractivity contribution in [3.63, 3.8) is 0 Å². The minimum atomic E-state index is -0.512. The number of carbonyl (C=O) groups excluding carboxylic acids is 1. The Bertz CT molecular complexity index is 548. The van der Waals surface area contributed by atoms with Crippen LogP contribution in [0.1, 0.15) is 10.4 Å². The molecule has 1 rings (SSSR count). The molecule has 1 aromatic carbocycles. The Morgan fingerprint density at radius 3 is 1.64 bits per heavy atom. The van der Waals surface area contributed by atoms with Crippen LogP contribution in [-0.2, 0) is 4.74 Å². The number of benzene rings is 1. The normalized spacial score (nSPS) is 9.68. The summed E-state index contributed by atoms with van der Waals surface area (Å²) < 4.78 is 15.7. The molecule has 0 saturated carbocycles. The summed E-state index contributed by atoms with van der Waals surface area (Å²) in [7, 11) is 8.32. The molecule has 0 aliphatic carbocycles. The van der Waals surface area contributed by atoms with Gasteiger partial charge in [-0.15, -0.1) is 0 Å². The number of hydrogen-bond donors (Lipinski definition) is 0. The van der Waals surface area contributed by atoms with Crippen molar-refractivity contribution in [3.05, 3.63) is 23.8 Å². The van der Waals surface area contributed by atoms with Gasteiger partial charge in [0.25, 0.3) is 10.3 Å². The average Bonchev–Trinajstić information content (AvgIpc) is 2.45. The number of thiocarbonyl (C=S) groups is 2. The molecule has 0 heterocycles. The Balaban J connectivity index is 3.13. The maximum absolute atomic E-state index is 11.7. The van der Waals surface area contributed by atoms with Gasteiger partial charge >= 0.3 is 5.97 Å². The van der Waals surface area contributed by atoms with E-state index in [0.717, 1.165) is 0 Å². The fourth-order valence-electron chi connectivity index (χ4n) is 1.31. The maximum atomic E-state index is 11.7. The molecule has 0 radical (unpaired) electrons. The molecule has 0 amide bonds. The van der Waals surface area contributed by atoms with E-state index in [2.05, 4.69) is 0 Å². The summed E-state index contributed by atoms with van der Waals surface area (Å²) in [6, 6.07) is 4.64. The van der Waals surface area contributed by atoms with Crippen LogP contribution in [0.4, 0.5) is 0 Å². The molecule has 0 aliphatic heterocycles. The molecule has 0 aliphatic rings. The third kappa shape index (κ3) is 5.12. The highest BCUT2D eigenvalue weighted by Gasteiger charge is 2.14. The Hall–Kier alpha value is -1.93. The number of ether oxygens (including phenoxy) is 3. The zero-order valence-corrected chi connectivity index (χ0v) is 14.7. The summed E-state index contributed by atoms with van der Waals surface area (Å²) in [5.74, 6) is 0.207. The van der Waals surface area contributed by atoms with Crippen LogP contribution in [0.3, 0.4) is 0 Å². The number of nitrogens with zero attached hydrogens (tertiary/aromatic N) is 2. The van der Waals surface area contributed by atoms with Crippen molar-refractivity contribution in [3.8, 4) is 11.5 Å². The van der Waals surface area contributed by atoms with Gasteiger partial charge in [0.05, 0.1) is 12.7 Å². The van der Waals surface area contributed by atoms with Crippen molar-refractivity contribution in [1.29, 1.82) is 0 Å². The summed E-state index contributed by atoms with van der Waals surface area (Å²) >= 11 is 10.2. The number of carbonyl (C=O) groups is 1. The number of hydrogen-bond acceptors (Lipinski definition) is 6. The lowest BCUT2D eigenvalue weighted by atomic mass is 10.2. The zero-order valence-electron chi connectivity index (χ0n) is 13.1. The fourth-order valence-corrected chi connectivity index (χ4v) is 1.50. The van der Waals surface area contributed by atoms with Gasteiger partial charge in [-0.2, -0.15) is 0 Å². The molecule has 0 saturated heterocycles. The van der Waals surface area contributed by atoms with Crippen LogP contribution in [-0.4, -0.2) is 61.4 Å². The molecule has 0 spiro atoms. The van der Waals surface area contributed by atoms with Crippen molar-refractivity contribution in [2.75, 3.05) is 35.3 Å². The summed E-state index contributed by atoms with van der Waals surface area (Å²) in [6.45, 7) is 0. The molecule has 0 N–H and O–H groups in total.